The van der Waals surface area contributed by atoms with Crippen molar-refractivity contribution in [3.63, 3.8) is 0 Å². The minimum atomic E-state index is -0.830. The quantitative estimate of drug-likeness (QED) is 0.336. The molecule has 34 heavy (non-hydrogen) atoms. The van der Waals surface area contributed by atoms with Crippen LogP contribution in [0.4, 0.5) is 10.5 Å². The third kappa shape index (κ3) is 5.13. The molecule has 1 N–H and O–H groups in total. The van der Waals surface area contributed by atoms with E-state index in [1.54, 1.807) is 30.3 Å². The Balaban J connectivity index is 1.58. The standard InChI is InChI=1S/C25H18BrClN2O5/c1-33-22-13-16(4-11-21(22)34-14-15-2-5-17(26)6-3-15)12-20-23(30)28-25(32)29(24(20)31)19-9-7-18(27)8-10-19/h2-13H,14H2,1H3,(H,28,30,32)/b20-12+. The highest BCUT2D eigenvalue weighted by Gasteiger charge is 2.36. The molecule has 3 aromatic rings. The van der Waals surface area contributed by atoms with Crippen molar-refractivity contribution in [3.8, 4) is 11.5 Å². The number of amides is 4. The number of carbonyl (C=O) groups excluding carboxylic acids is 3. The van der Waals surface area contributed by atoms with Crippen LogP contribution in [-0.2, 0) is 16.2 Å². The average molecular weight is 542 g/mol. The normalized spacial score (nSPS) is 14.9. The second-order valence-corrected chi connectivity index (χ2v) is 8.61. The van der Waals surface area contributed by atoms with E-state index in [1.165, 1.54) is 25.3 Å². The Bertz CT molecular complexity index is 1290. The molecule has 172 valence electrons. The number of ether oxygens (including phenoxy) is 2. The van der Waals surface area contributed by atoms with E-state index in [1.807, 2.05) is 24.3 Å². The van der Waals surface area contributed by atoms with Crippen LogP contribution < -0.4 is 19.7 Å². The number of hydrogen-bond acceptors (Lipinski definition) is 5. The Morgan fingerprint density at radius 3 is 2.35 bits per heavy atom. The highest BCUT2D eigenvalue weighted by molar-refractivity contribution is 9.10. The van der Waals surface area contributed by atoms with Crippen LogP contribution in [-0.4, -0.2) is 25.0 Å². The van der Waals surface area contributed by atoms with Crippen molar-refractivity contribution < 1.29 is 23.9 Å². The molecule has 1 saturated heterocycles. The van der Waals surface area contributed by atoms with Gasteiger partial charge in [0.05, 0.1) is 12.8 Å². The second-order valence-electron chi connectivity index (χ2n) is 7.26. The first-order valence-electron chi connectivity index (χ1n) is 10.1. The number of carbonyl (C=O) groups is 3. The number of imide groups is 2. The van der Waals surface area contributed by atoms with Gasteiger partial charge in [0, 0.05) is 9.50 Å². The number of nitrogens with zero attached hydrogens (tertiary/aromatic N) is 1. The number of barbiturate groups is 1. The molecule has 1 fully saturated rings. The molecule has 4 rings (SSSR count). The number of urea groups is 1. The monoisotopic (exact) mass is 540 g/mol. The van der Waals surface area contributed by atoms with Crippen molar-refractivity contribution >= 4 is 57.1 Å². The smallest absolute Gasteiger partial charge is 0.335 e. The Kier molecular flexibility index (Phi) is 7.00. The maximum Gasteiger partial charge on any atom is 0.335 e. The molecule has 0 radical (unpaired) electrons. The van der Waals surface area contributed by atoms with E-state index in [-0.39, 0.29) is 5.57 Å². The number of rotatable bonds is 6. The number of methoxy groups -OCH3 is 1. The van der Waals surface area contributed by atoms with E-state index in [0.717, 1.165) is 14.9 Å². The van der Waals surface area contributed by atoms with Crippen LogP contribution in [0.2, 0.25) is 5.02 Å². The van der Waals surface area contributed by atoms with Gasteiger partial charge in [0.25, 0.3) is 11.8 Å². The molecular formula is C25H18BrClN2O5. The third-order valence-corrected chi connectivity index (χ3v) is 5.77. The number of nitrogens with one attached hydrogen (secondary N) is 1. The molecule has 7 nitrogen and oxygen atoms in total. The number of anilines is 1. The van der Waals surface area contributed by atoms with Crippen LogP contribution >= 0.6 is 27.5 Å². The van der Waals surface area contributed by atoms with Crippen molar-refractivity contribution in [2.24, 2.45) is 0 Å². The van der Waals surface area contributed by atoms with Crippen LogP contribution in [0, 0.1) is 0 Å². The molecular weight excluding hydrogens is 524 g/mol. The first kappa shape index (κ1) is 23.5. The van der Waals surface area contributed by atoms with Gasteiger partial charge in [-0.15, -0.1) is 0 Å². The number of hydrogen-bond donors (Lipinski definition) is 1. The van der Waals surface area contributed by atoms with Crippen molar-refractivity contribution in [1.82, 2.24) is 5.32 Å². The summed E-state index contributed by atoms with van der Waals surface area (Å²) in [5.41, 5.74) is 1.60. The molecule has 9 heteroatoms. The van der Waals surface area contributed by atoms with Crippen molar-refractivity contribution in [1.29, 1.82) is 0 Å². The highest BCUT2D eigenvalue weighted by atomic mass is 79.9. The molecule has 0 unspecified atom stereocenters. The lowest BCUT2D eigenvalue weighted by molar-refractivity contribution is -0.122. The van der Waals surface area contributed by atoms with Crippen LogP contribution in [0.5, 0.6) is 11.5 Å². The number of halogens is 2. The SMILES string of the molecule is COc1cc(/C=C2\C(=O)NC(=O)N(c3ccc(Cl)cc3)C2=O)ccc1OCc1ccc(Br)cc1. The Hall–Kier alpha value is -3.62. The zero-order valence-corrected chi connectivity index (χ0v) is 20.2. The van der Waals surface area contributed by atoms with Crippen molar-refractivity contribution in [2.75, 3.05) is 12.0 Å². The molecule has 3 aromatic carbocycles. The largest absolute Gasteiger partial charge is 0.493 e. The molecule has 1 aliphatic rings. The molecule has 4 amide bonds. The maximum absolute atomic E-state index is 13.0. The first-order valence-corrected chi connectivity index (χ1v) is 11.2. The average Bonchev–Trinajstić information content (AvgIpc) is 2.83. The fraction of sp³-hybridized carbons (Fsp3) is 0.0800. The highest BCUT2D eigenvalue weighted by Crippen LogP contribution is 2.31. The van der Waals surface area contributed by atoms with Crippen LogP contribution in [0.15, 0.2) is 76.8 Å². The van der Waals surface area contributed by atoms with Gasteiger partial charge >= 0.3 is 6.03 Å². The minimum Gasteiger partial charge on any atom is -0.493 e. The van der Waals surface area contributed by atoms with Gasteiger partial charge in [0.1, 0.15) is 12.2 Å². The lowest BCUT2D eigenvalue weighted by Crippen LogP contribution is -2.54. The van der Waals surface area contributed by atoms with Crippen LogP contribution in [0.3, 0.4) is 0 Å². The van der Waals surface area contributed by atoms with Gasteiger partial charge in [-0.25, -0.2) is 9.69 Å². The number of benzene rings is 3. The topological polar surface area (TPSA) is 84.9 Å². The van der Waals surface area contributed by atoms with E-state index >= 15 is 0 Å². The van der Waals surface area contributed by atoms with E-state index in [9.17, 15) is 14.4 Å². The summed E-state index contributed by atoms with van der Waals surface area (Å²) in [5, 5.41) is 2.65. The molecule has 0 aliphatic carbocycles. The van der Waals surface area contributed by atoms with Gasteiger partial charge < -0.3 is 9.47 Å². The summed E-state index contributed by atoms with van der Waals surface area (Å²) in [4.78, 5) is 38.7. The Labute approximate surface area is 209 Å². The molecule has 0 atom stereocenters. The van der Waals surface area contributed by atoms with E-state index in [4.69, 9.17) is 21.1 Å². The van der Waals surface area contributed by atoms with Gasteiger partial charge in [-0.3, -0.25) is 14.9 Å². The predicted octanol–water partition coefficient (Wildman–Crippen LogP) is 5.36. The van der Waals surface area contributed by atoms with Crippen LogP contribution in [0.1, 0.15) is 11.1 Å². The third-order valence-electron chi connectivity index (χ3n) is 4.99. The maximum atomic E-state index is 13.0. The van der Waals surface area contributed by atoms with Crippen molar-refractivity contribution in [2.45, 2.75) is 6.61 Å². The Morgan fingerprint density at radius 2 is 1.68 bits per heavy atom. The first-order chi connectivity index (χ1) is 16.4. The summed E-state index contributed by atoms with van der Waals surface area (Å²) >= 11 is 9.29. The molecule has 0 saturated carbocycles. The van der Waals surface area contributed by atoms with E-state index in [0.29, 0.717) is 34.4 Å². The summed E-state index contributed by atoms with van der Waals surface area (Å²) in [6, 6.07) is 18.1. The van der Waals surface area contributed by atoms with Gasteiger partial charge in [-0.1, -0.05) is 45.7 Å². The van der Waals surface area contributed by atoms with E-state index < -0.39 is 17.8 Å². The molecule has 0 spiro atoms. The Morgan fingerprint density at radius 1 is 0.971 bits per heavy atom. The molecule has 1 heterocycles. The fourth-order valence-corrected chi connectivity index (χ4v) is 3.67. The van der Waals surface area contributed by atoms with Gasteiger partial charge in [0.15, 0.2) is 11.5 Å². The van der Waals surface area contributed by atoms with Gasteiger partial charge in [-0.05, 0) is 65.7 Å². The molecule has 1 aliphatic heterocycles. The minimum absolute atomic E-state index is 0.194. The van der Waals surface area contributed by atoms with Gasteiger partial charge in [0.2, 0.25) is 0 Å². The zero-order chi connectivity index (χ0) is 24.2. The van der Waals surface area contributed by atoms with E-state index in [2.05, 4.69) is 21.2 Å². The van der Waals surface area contributed by atoms with Crippen molar-refractivity contribution in [3.05, 3.63) is 92.9 Å². The lowest BCUT2D eigenvalue weighted by atomic mass is 10.1. The predicted molar refractivity (Wildman–Crippen MR) is 132 cm³/mol. The molecule has 0 aromatic heterocycles. The summed E-state index contributed by atoms with van der Waals surface area (Å²) in [6.07, 6.45) is 1.40. The van der Waals surface area contributed by atoms with Crippen LogP contribution in [0.25, 0.3) is 6.08 Å². The zero-order valence-electron chi connectivity index (χ0n) is 17.9. The second kappa shape index (κ2) is 10.1. The summed E-state index contributed by atoms with van der Waals surface area (Å²) in [7, 11) is 1.50. The van der Waals surface area contributed by atoms with Gasteiger partial charge in [-0.2, -0.15) is 0 Å². The fourth-order valence-electron chi connectivity index (χ4n) is 3.28. The summed E-state index contributed by atoms with van der Waals surface area (Å²) < 4.78 is 12.3. The summed E-state index contributed by atoms with van der Waals surface area (Å²) in [5.74, 6) is -0.592. The summed E-state index contributed by atoms with van der Waals surface area (Å²) in [6.45, 7) is 0.336. The molecule has 0 bridgehead atoms. The lowest BCUT2D eigenvalue weighted by Gasteiger charge is -2.26.